The molecule has 0 spiro atoms. The van der Waals surface area contributed by atoms with Crippen LogP contribution in [0, 0.1) is 5.92 Å². The molecule has 1 aromatic rings. The molecule has 0 aliphatic carbocycles. The molecule has 2 rings (SSSR count). The molecular formula is C11H17BrCl2N2S. The summed E-state index contributed by atoms with van der Waals surface area (Å²) in [7, 11) is 0. The highest BCUT2D eigenvalue weighted by molar-refractivity contribution is 9.10. The Hall–Kier alpha value is 0.680. The van der Waals surface area contributed by atoms with Gasteiger partial charge in [-0.1, -0.05) is 11.6 Å². The van der Waals surface area contributed by atoms with Crippen molar-refractivity contribution in [2.24, 2.45) is 11.7 Å². The number of halogens is 3. The number of thiophene rings is 1. The van der Waals surface area contributed by atoms with Crippen molar-refractivity contribution in [3.8, 4) is 0 Å². The van der Waals surface area contributed by atoms with E-state index in [-0.39, 0.29) is 12.4 Å². The van der Waals surface area contributed by atoms with E-state index in [1.54, 1.807) is 11.3 Å². The van der Waals surface area contributed by atoms with Crippen molar-refractivity contribution >= 4 is 51.3 Å². The normalized spacial score (nSPS) is 22.5. The second kappa shape index (κ2) is 6.73. The highest BCUT2D eigenvalue weighted by Gasteiger charge is 2.25. The molecule has 17 heavy (non-hydrogen) atoms. The number of rotatable bonds is 3. The van der Waals surface area contributed by atoms with Crippen LogP contribution in [-0.4, -0.2) is 24.0 Å². The minimum Gasteiger partial charge on any atom is -0.328 e. The predicted octanol–water partition coefficient (Wildman–Crippen LogP) is 3.75. The molecule has 2 unspecified atom stereocenters. The lowest BCUT2D eigenvalue weighted by atomic mass is 10.0. The van der Waals surface area contributed by atoms with Gasteiger partial charge in [-0.15, -0.1) is 23.7 Å². The molecule has 1 aliphatic heterocycles. The van der Waals surface area contributed by atoms with Crippen LogP contribution in [0.1, 0.15) is 18.2 Å². The van der Waals surface area contributed by atoms with Crippen molar-refractivity contribution < 1.29 is 0 Å². The summed E-state index contributed by atoms with van der Waals surface area (Å²) in [6.07, 6.45) is 1.22. The zero-order valence-corrected chi connectivity index (χ0v) is 13.6. The van der Waals surface area contributed by atoms with E-state index in [2.05, 4.69) is 33.8 Å². The maximum absolute atomic E-state index is 6.03. The van der Waals surface area contributed by atoms with Gasteiger partial charge in [0.1, 0.15) is 4.34 Å². The molecule has 0 bridgehead atoms. The van der Waals surface area contributed by atoms with E-state index in [0.717, 1.165) is 28.4 Å². The van der Waals surface area contributed by atoms with E-state index in [0.29, 0.717) is 12.0 Å². The fraction of sp³-hybridized carbons (Fsp3) is 0.636. The van der Waals surface area contributed by atoms with Gasteiger partial charge in [0.15, 0.2) is 0 Å². The Kier molecular flexibility index (Phi) is 6.23. The Morgan fingerprint density at radius 3 is 2.88 bits per heavy atom. The van der Waals surface area contributed by atoms with Crippen LogP contribution in [0.3, 0.4) is 0 Å². The fourth-order valence-corrected chi connectivity index (χ4v) is 3.96. The van der Waals surface area contributed by atoms with Gasteiger partial charge in [0.05, 0.1) is 0 Å². The molecular weight excluding hydrogens is 343 g/mol. The van der Waals surface area contributed by atoms with Crippen LogP contribution >= 0.6 is 51.3 Å². The lowest BCUT2D eigenvalue weighted by molar-refractivity contribution is 0.311. The molecule has 1 aromatic heterocycles. The van der Waals surface area contributed by atoms with Crippen LogP contribution in [-0.2, 0) is 6.54 Å². The smallest absolute Gasteiger partial charge is 0.107 e. The predicted molar refractivity (Wildman–Crippen MR) is 81.3 cm³/mol. The quantitative estimate of drug-likeness (QED) is 0.890. The van der Waals surface area contributed by atoms with Crippen LogP contribution in [0.25, 0.3) is 0 Å². The Bertz CT molecular complexity index is 351. The third-order valence-corrected chi connectivity index (χ3v) is 5.59. The first-order chi connectivity index (χ1) is 7.56. The molecule has 1 saturated heterocycles. The molecule has 0 amide bonds. The summed E-state index contributed by atoms with van der Waals surface area (Å²) in [5.74, 6) is 0.652. The summed E-state index contributed by atoms with van der Waals surface area (Å²) < 4.78 is 1.86. The molecule has 2 heterocycles. The fourth-order valence-electron chi connectivity index (χ4n) is 2.13. The van der Waals surface area contributed by atoms with Crippen molar-refractivity contribution in [1.29, 1.82) is 0 Å². The van der Waals surface area contributed by atoms with Crippen molar-refractivity contribution in [2.45, 2.75) is 25.9 Å². The Morgan fingerprint density at radius 2 is 2.41 bits per heavy atom. The van der Waals surface area contributed by atoms with Gasteiger partial charge >= 0.3 is 0 Å². The minimum absolute atomic E-state index is 0. The lowest BCUT2D eigenvalue weighted by Gasteiger charge is -2.16. The topological polar surface area (TPSA) is 29.3 Å². The van der Waals surface area contributed by atoms with Crippen LogP contribution in [0.2, 0.25) is 4.34 Å². The number of hydrogen-bond donors (Lipinski definition) is 1. The van der Waals surface area contributed by atoms with Gasteiger partial charge in [0.2, 0.25) is 0 Å². The summed E-state index contributed by atoms with van der Waals surface area (Å²) in [6, 6.07) is 2.43. The zero-order chi connectivity index (χ0) is 11.7. The van der Waals surface area contributed by atoms with E-state index >= 15 is 0 Å². The minimum atomic E-state index is 0. The number of nitrogens with two attached hydrogens (primary N) is 1. The zero-order valence-electron chi connectivity index (χ0n) is 9.66. The molecule has 1 aliphatic rings. The lowest BCUT2D eigenvalue weighted by Crippen LogP contribution is -2.29. The first kappa shape index (κ1) is 15.7. The van der Waals surface area contributed by atoms with E-state index in [4.69, 9.17) is 17.3 Å². The van der Waals surface area contributed by atoms with E-state index in [9.17, 15) is 0 Å². The molecule has 1 fully saturated rings. The Morgan fingerprint density at radius 1 is 1.71 bits per heavy atom. The van der Waals surface area contributed by atoms with Crippen molar-refractivity contribution in [2.75, 3.05) is 13.1 Å². The van der Waals surface area contributed by atoms with Gasteiger partial charge in [0, 0.05) is 28.5 Å². The average molecular weight is 360 g/mol. The number of nitrogens with zero attached hydrogens (tertiary/aromatic N) is 1. The monoisotopic (exact) mass is 358 g/mol. The molecule has 98 valence electrons. The Labute approximate surface area is 126 Å². The van der Waals surface area contributed by atoms with Crippen LogP contribution in [0.15, 0.2) is 10.5 Å². The molecule has 0 aromatic carbocycles. The van der Waals surface area contributed by atoms with E-state index in [1.165, 1.54) is 11.3 Å². The third-order valence-electron chi connectivity index (χ3n) is 3.13. The molecule has 0 saturated carbocycles. The summed E-state index contributed by atoms with van der Waals surface area (Å²) >= 11 is 11.1. The number of likely N-dealkylation sites (tertiary alicyclic amines) is 1. The van der Waals surface area contributed by atoms with Crippen molar-refractivity contribution in [3.63, 3.8) is 0 Å². The van der Waals surface area contributed by atoms with Gasteiger partial charge in [-0.05, 0) is 47.8 Å². The van der Waals surface area contributed by atoms with Crippen LogP contribution < -0.4 is 5.73 Å². The maximum Gasteiger partial charge on any atom is 0.107 e. The van der Waals surface area contributed by atoms with Gasteiger partial charge in [0.25, 0.3) is 0 Å². The molecule has 2 nitrogen and oxygen atoms in total. The highest BCUT2D eigenvalue weighted by Crippen LogP contribution is 2.33. The molecule has 2 atom stereocenters. The maximum atomic E-state index is 6.03. The summed E-state index contributed by atoms with van der Waals surface area (Å²) in [5, 5.41) is 0. The second-order valence-corrected chi connectivity index (χ2v) is 7.07. The molecule has 0 radical (unpaired) electrons. The van der Waals surface area contributed by atoms with Gasteiger partial charge in [-0.2, -0.15) is 0 Å². The van der Waals surface area contributed by atoms with Gasteiger partial charge in [-0.25, -0.2) is 0 Å². The van der Waals surface area contributed by atoms with Crippen LogP contribution in [0.5, 0.6) is 0 Å². The summed E-state index contributed by atoms with van der Waals surface area (Å²) in [6.45, 7) is 5.37. The Balaban J connectivity index is 0.00000144. The molecule has 2 N–H and O–H groups in total. The van der Waals surface area contributed by atoms with Crippen molar-refractivity contribution in [3.05, 3.63) is 19.8 Å². The van der Waals surface area contributed by atoms with Gasteiger partial charge in [-0.3, -0.25) is 4.90 Å². The van der Waals surface area contributed by atoms with E-state index < -0.39 is 0 Å². The second-order valence-electron chi connectivity index (χ2n) is 4.48. The van der Waals surface area contributed by atoms with Gasteiger partial charge < -0.3 is 5.73 Å². The molecule has 6 heteroatoms. The third kappa shape index (κ3) is 4.08. The van der Waals surface area contributed by atoms with Crippen LogP contribution in [0.4, 0.5) is 0 Å². The van der Waals surface area contributed by atoms with E-state index in [1.807, 2.05) is 0 Å². The largest absolute Gasteiger partial charge is 0.328 e. The first-order valence-corrected chi connectivity index (χ1v) is 7.46. The summed E-state index contributed by atoms with van der Waals surface area (Å²) in [5.41, 5.74) is 5.93. The van der Waals surface area contributed by atoms with Crippen molar-refractivity contribution in [1.82, 2.24) is 4.90 Å². The summed E-state index contributed by atoms with van der Waals surface area (Å²) in [4.78, 5) is 3.78. The standard InChI is InChI=1S/C11H16BrClN2S.ClH/c1-7(14)8-2-3-15(5-8)6-9-4-10(12)11(13)16-9;/h4,7-8H,2-3,5-6,14H2,1H3;1H. The highest BCUT2D eigenvalue weighted by atomic mass is 79.9. The average Bonchev–Trinajstić information content (AvgIpc) is 2.76. The number of hydrogen-bond acceptors (Lipinski definition) is 3. The SMILES string of the molecule is CC(N)C1CCN(Cc2cc(Br)c(Cl)s2)C1.Cl. The first-order valence-electron chi connectivity index (χ1n) is 5.48.